The van der Waals surface area contributed by atoms with Crippen LogP contribution in [0, 0.1) is 11.3 Å². The molecule has 0 aliphatic heterocycles. The SMILES string of the molecule is N#Cc1ccccc1-c1ccccc1-c1ccccc1-c1ccc(B(O)O)cc1-c1ccccc1. The Bertz CT molecular complexity index is 1540. The van der Waals surface area contributed by atoms with E-state index < -0.39 is 7.12 Å². The molecule has 0 aliphatic rings. The van der Waals surface area contributed by atoms with Crippen LogP contribution in [-0.4, -0.2) is 17.2 Å². The molecule has 35 heavy (non-hydrogen) atoms. The van der Waals surface area contributed by atoms with Crippen molar-refractivity contribution in [2.45, 2.75) is 0 Å². The van der Waals surface area contributed by atoms with E-state index in [0.29, 0.717) is 11.0 Å². The van der Waals surface area contributed by atoms with Crippen LogP contribution in [-0.2, 0) is 0 Å². The average Bonchev–Trinajstić information content (AvgIpc) is 2.93. The third-order valence-electron chi connectivity index (χ3n) is 6.20. The minimum atomic E-state index is -1.55. The molecule has 0 heterocycles. The van der Waals surface area contributed by atoms with Crippen LogP contribution in [0.25, 0.3) is 44.5 Å². The second-order valence-electron chi connectivity index (χ2n) is 8.29. The first-order chi connectivity index (χ1) is 17.2. The lowest BCUT2D eigenvalue weighted by molar-refractivity contribution is 0.426. The zero-order chi connectivity index (χ0) is 24.2. The lowest BCUT2D eigenvalue weighted by Crippen LogP contribution is -2.29. The van der Waals surface area contributed by atoms with Crippen LogP contribution in [0.5, 0.6) is 0 Å². The topological polar surface area (TPSA) is 64.2 Å². The maximum Gasteiger partial charge on any atom is 0.488 e. The molecule has 0 aromatic heterocycles. The van der Waals surface area contributed by atoms with E-state index in [0.717, 1.165) is 44.5 Å². The summed E-state index contributed by atoms with van der Waals surface area (Å²) in [6, 6.07) is 41.8. The zero-order valence-electron chi connectivity index (χ0n) is 19.0. The normalized spacial score (nSPS) is 10.5. The Kier molecular flexibility index (Phi) is 6.28. The van der Waals surface area contributed by atoms with Crippen LogP contribution in [0.4, 0.5) is 0 Å². The van der Waals surface area contributed by atoms with E-state index in [1.807, 2.05) is 97.1 Å². The number of nitrogens with zero attached hydrogens (tertiary/aromatic N) is 1. The molecular weight excluding hydrogens is 429 g/mol. The summed E-state index contributed by atoms with van der Waals surface area (Å²) in [5, 5.41) is 29.4. The minimum Gasteiger partial charge on any atom is -0.423 e. The number of nitriles is 1. The van der Waals surface area contributed by atoms with Gasteiger partial charge in [0.1, 0.15) is 0 Å². The van der Waals surface area contributed by atoms with Crippen LogP contribution >= 0.6 is 0 Å². The van der Waals surface area contributed by atoms with Crippen molar-refractivity contribution in [2.75, 3.05) is 0 Å². The van der Waals surface area contributed by atoms with Gasteiger partial charge in [0.15, 0.2) is 0 Å². The second kappa shape index (κ2) is 9.83. The Morgan fingerprint density at radius 3 is 1.49 bits per heavy atom. The van der Waals surface area contributed by atoms with Crippen LogP contribution < -0.4 is 5.46 Å². The predicted octanol–water partition coefficient (Wildman–Crippen LogP) is 5.91. The summed E-state index contributed by atoms with van der Waals surface area (Å²) in [5.41, 5.74) is 8.91. The van der Waals surface area contributed by atoms with Crippen molar-refractivity contribution < 1.29 is 10.0 Å². The highest BCUT2D eigenvalue weighted by Crippen LogP contribution is 2.41. The van der Waals surface area contributed by atoms with Gasteiger partial charge in [0, 0.05) is 5.56 Å². The highest BCUT2D eigenvalue weighted by Gasteiger charge is 2.19. The molecule has 2 N–H and O–H groups in total. The van der Waals surface area contributed by atoms with Gasteiger partial charge in [-0.05, 0) is 50.5 Å². The Labute approximate surface area is 205 Å². The van der Waals surface area contributed by atoms with Crippen LogP contribution in [0.3, 0.4) is 0 Å². The van der Waals surface area contributed by atoms with Crippen LogP contribution in [0.2, 0.25) is 0 Å². The van der Waals surface area contributed by atoms with Gasteiger partial charge in [0.05, 0.1) is 11.6 Å². The van der Waals surface area contributed by atoms with Crippen molar-refractivity contribution in [3.05, 3.63) is 127 Å². The van der Waals surface area contributed by atoms with Crippen molar-refractivity contribution in [2.24, 2.45) is 0 Å². The van der Waals surface area contributed by atoms with Gasteiger partial charge in [0.25, 0.3) is 0 Å². The average molecular weight is 451 g/mol. The lowest BCUT2D eigenvalue weighted by atomic mass is 9.77. The first-order valence-electron chi connectivity index (χ1n) is 11.4. The van der Waals surface area contributed by atoms with E-state index in [1.54, 1.807) is 6.07 Å². The summed E-state index contributed by atoms with van der Waals surface area (Å²) < 4.78 is 0. The molecule has 0 bridgehead atoms. The third-order valence-corrected chi connectivity index (χ3v) is 6.20. The van der Waals surface area contributed by atoms with E-state index in [1.165, 1.54) is 0 Å². The van der Waals surface area contributed by atoms with Crippen molar-refractivity contribution in [1.82, 2.24) is 0 Å². The lowest BCUT2D eigenvalue weighted by Gasteiger charge is -2.18. The minimum absolute atomic E-state index is 0.438. The van der Waals surface area contributed by atoms with E-state index in [9.17, 15) is 15.3 Å². The standard InChI is InChI=1S/C31H22BNO2/c33-21-23-12-4-5-13-25(23)26-14-6-7-15-27(26)28-16-8-9-17-29(28)30-19-18-24(32(34)35)20-31(30)22-10-2-1-3-11-22/h1-20,34-35H. The van der Waals surface area contributed by atoms with E-state index in [-0.39, 0.29) is 0 Å². The highest BCUT2D eigenvalue weighted by molar-refractivity contribution is 6.58. The molecule has 0 unspecified atom stereocenters. The maximum atomic E-state index is 9.83. The first kappa shape index (κ1) is 22.4. The predicted molar refractivity (Wildman–Crippen MR) is 143 cm³/mol. The Balaban J connectivity index is 1.76. The Morgan fingerprint density at radius 2 is 0.943 bits per heavy atom. The molecule has 0 radical (unpaired) electrons. The van der Waals surface area contributed by atoms with Crippen molar-refractivity contribution in [3.8, 4) is 50.6 Å². The fraction of sp³-hybridized carbons (Fsp3) is 0. The summed E-state index contributed by atoms with van der Waals surface area (Å²) >= 11 is 0. The van der Waals surface area contributed by atoms with Gasteiger partial charge in [-0.2, -0.15) is 5.26 Å². The van der Waals surface area contributed by atoms with Crippen LogP contribution in [0.1, 0.15) is 5.56 Å². The van der Waals surface area contributed by atoms with Crippen molar-refractivity contribution in [3.63, 3.8) is 0 Å². The summed E-state index contributed by atoms with van der Waals surface area (Å²) in [6.07, 6.45) is 0. The number of hydrogen-bond acceptors (Lipinski definition) is 3. The van der Waals surface area contributed by atoms with E-state index >= 15 is 0 Å². The van der Waals surface area contributed by atoms with Gasteiger partial charge in [-0.15, -0.1) is 0 Å². The summed E-state index contributed by atoms with van der Waals surface area (Å²) in [6.45, 7) is 0. The molecule has 0 aliphatic carbocycles. The molecule has 166 valence electrons. The van der Waals surface area contributed by atoms with Gasteiger partial charge < -0.3 is 10.0 Å². The van der Waals surface area contributed by atoms with Crippen LogP contribution in [0.15, 0.2) is 121 Å². The van der Waals surface area contributed by atoms with Crippen molar-refractivity contribution >= 4 is 12.6 Å². The molecule has 0 atom stereocenters. The first-order valence-corrected chi connectivity index (χ1v) is 11.4. The number of hydrogen-bond donors (Lipinski definition) is 2. The summed E-state index contributed by atoms with van der Waals surface area (Å²) in [5.74, 6) is 0. The molecule has 0 amide bonds. The largest absolute Gasteiger partial charge is 0.488 e. The molecule has 0 spiro atoms. The zero-order valence-corrected chi connectivity index (χ0v) is 19.0. The summed E-state index contributed by atoms with van der Waals surface area (Å²) in [4.78, 5) is 0. The monoisotopic (exact) mass is 451 g/mol. The quantitative estimate of drug-likeness (QED) is 0.327. The smallest absolute Gasteiger partial charge is 0.423 e. The second-order valence-corrected chi connectivity index (χ2v) is 8.29. The summed E-state index contributed by atoms with van der Waals surface area (Å²) in [7, 11) is -1.55. The fourth-order valence-corrected chi connectivity index (χ4v) is 4.54. The van der Waals surface area contributed by atoms with Gasteiger partial charge >= 0.3 is 7.12 Å². The van der Waals surface area contributed by atoms with Gasteiger partial charge in [-0.1, -0.05) is 115 Å². The van der Waals surface area contributed by atoms with Crippen molar-refractivity contribution in [1.29, 1.82) is 5.26 Å². The van der Waals surface area contributed by atoms with Gasteiger partial charge in [0.2, 0.25) is 0 Å². The molecule has 5 rings (SSSR count). The molecule has 5 aromatic carbocycles. The van der Waals surface area contributed by atoms with Gasteiger partial charge in [-0.3, -0.25) is 0 Å². The van der Waals surface area contributed by atoms with E-state index in [2.05, 4.69) is 24.3 Å². The maximum absolute atomic E-state index is 9.83. The molecule has 4 heteroatoms. The molecular formula is C31H22BNO2. The molecule has 3 nitrogen and oxygen atoms in total. The molecule has 0 fully saturated rings. The fourth-order valence-electron chi connectivity index (χ4n) is 4.54. The molecule has 0 saturated carbocycles. The number of benzene rings is 5. The molecule has 0 saturated heterocycles. The Morgan fingerprint density at radius 1 is 0.486 bits per heavy atom. The van der Waals surface area contributed by atoms with E-state index in [4.69, 9.17) is 0 Å². The third kappa shape index (κ3) is 4.39. The van der Waals surface area contributed by atoms with Gasteiger partial charge in [-0.25, -0.2) is 0 Å². The Hall–Kier alpha value is -4.43. The molecule has 5 aromatic rings. The number of rotatable bonds is 5. The highest BCUT2D eigenvalue weighted by atomic mass is 16.4.